The number of hydrogen-bond donors (Lipinski definition) is 1. The summed E-state index contributed by atoms with van der Waals surface area (Å²) in [6.45, 7) is 3.46. The molecule has 1 aliphatic heterocycles. The third-order valence-corrected chi connectivity index (χ3v) is 5.26. The van der Waals surface area contributed by atoms with Crippen molar-refractivity contribution >= 4 is 15.9 Å². The number of aromatic nitrogens is 2. The van der Waals surface area contributed by atoms with Crippen LogP contribution in [0.5, 0.6) is 0 Å². The topological polar surface area (TPSA) is 84.3 Å². The van der Waals surface area contributed by atoms with E-state index in [9.17, 15) is 26.4 Å². The van der Waals surface area contributed by atoms with E-state index in [2.05, 4.69) is 10.4 Å². The number of nitrogens with zero attached hydrogens (tertiary/aromatic N) is 3. The highest BCUT2D eigenvalue weighted by Crippen LogP contribution is 2.33. The molecule has 7 nitrogen and oxygen atoms in total. The molecule has 1 amide bonds. The Morgan fingerprint density at radius 3 is 2.56 bits per heavy atom. The lowest BCUT2D eigenvalue weighted by Gasteiger charge is -2.31. The first-order chi connectivity index (χ1) is 11.4. The Kier molecular flexibility index (Phi) is 5.47. The Morgan fingerprint density at radius 1 is 1.40 bits per heavy atom. The molecule has 0 radical (unpaired) electrons. The van der Waals surface area contributed by atoms with Crippen LogP contribution in [-0.2, 0) is 16.2 Å². The molecule has 1 N–H and O–H groups in total. The van der Waals surface area contributed by atoms with Gasteiger partial charge in [-0.25, -0.2) is 12.7 Å². The highest BCUT2D eigenvalue weighted by Gasteiger charge is 2.41. The van der Waals surface area contributed by atoms with Crippen LogP contribution in [0.4, 0.5) is 13.2 Å². The Balaban J connectivity index is 2.22. The Hall–Kier alpha value is -1.62. The molecule has 11 heteroatoms. The van der Waals surface area contributed by atoms with Gasteiger partial charge in [-0.2, -0.15) is 18.3 Å². The van der Waals surface area contributed by atoms with Crippen molar-refractivity contribution in [1.82, 2.24) is 19.4 Å². The summed E-state index contributed by atoms with van der Waals surface area (Å²) in [5.41, 5.74) is -1.66. The zero-order valence-electron chi connectivity index (χ0n) is 14.2. The lowest BCUT2D eigenvalue weighted by molar-refractivity contribution is -0.145. The maximum atomic E-state index is 13.3. The van der Waals surface area contributed by atoms with Gasteiger partial charge in [0, 0.05) is 25.2 Å². The van der Waals surface area contributed by atoms with Crippen molar-refractivity contribution in [1.29, 1.82) is 0 Å². The fraction of sp³-hybridized carbons (Fsp3) is 0.714. The molecule has 1 fully saturated rings. The van der Waals surface area contributed by atoms with Gasteiger partial charge in [0.15, 0.2) is 5.69 Å². The van der Waals surface area contributed by atoms with E-state index in [0.717, 1.165) is 17.1 Å². The maximum Gasteiger partial charge on any atom is 0.433 e. The quantitative estimate of drug-likeness (QED) is 0.858. The second-order valence-corrected chi connectivity index (χ2v) is 8.36. The van der Waals surface area contributed by atoms with Crippen molar-refractivity contribution in [2.45, 2.75) is 44.9 Å². The maximum absolute atomic E-state index is 13.3. The van der Waals surface area contributed by atoms with Crippen LogP contribution in [0, 0.1) is 0 Å². The van der Waals surface area contributed by atoms with Gasteiger partial charge >= 0.3 is 6.18 Å². The minimum absolute atomic E-state index is 0.0459. The van der Waals surface area contributed by atoms with E-state index in [0.29, 0.717) is 19.4 Å². The minimum atomic E-state index is -4.72. The van der Waals surface area contributed by atoms with Crippen LogP contribution in [-0.4, -0.2) is 53.8 Å². The fourth-order valence-electron chi connectivity index (χ4n) is 2.83. The lowest BCUT2D eigenvalue weighted by Crippen LogP contribution is -2.49. The molecule has 1 aromatic rings. The molecule has 2 heterocycles. The van der Waals surface area contributed by atoms with Crippen molar-refractivity contribution in [3.05, 3.63) is 17.5 Å². The highest BCUT2D eigenvalue weighted by atomic mass is 32.2. The van der Waals surface area contributed by atoms with E-state index in [4.69, 9.17) is 0 Å². The molecule has 2 rings (SSSR count). The van der Waals surface area contributed by atoms with Gasteiger partial charge in [0.1, 0.15) is 0 Å². The van der Waals surface area contributed by atoms with E-state index in [1.54, 1.807) is 0 Å². The van der Waals surface area contributed by atoms with Crippen LogP contribution in [0.25, 0.3) is 0 Å². The van der Waals surface area contributed by atoms with Crippen LogP contribution in [0.15, 0.2) is 6.20 Å². The molecule has 0 bridgehead atoms. The highest BCUT2D eigenvalue weighted by molar-refractivity contribution is 7.88. The summed E-state index contributed by atoms with van der Waals surface area (Å²) in [5, 5.41) is 6.18. The van der Waals surface area contributed by atoms with Crippen LogP contribution in [0.1, 0.15) is 48.8 Å². The zero-order chi connectivity index (χ0) is 19.0. The summed E-state index contributed by atoms with van der Waals surface area (Å²) in [7, 11) is -3.41. The summed E-state index contributed by atoms with van der Waals surface area (Å²) >= 11 is 0. The van der Waals surface area contributed by atoms with Crippen molar-refractivity contribution in [3.63, 3.8) is 0 Å². The SMILES string of the molecule is CC(C)n1ncc(C(=O)NC2CCCN(S(C)(=O)=O)C2)c1C(F)(F)F. The summed E-state index contributed by atoms with van der Waals surface area (Å²) in [6, 6.07) is -1.10. The second-order valence-electron chi connectivity index (χ2n) is 6.38. The molecule has 0 spiro atoms. The van der Waals surface area contributed by atoms with Gasteiger partial charge < -0.3 is 5.32 Å². The molecule has 0 aromatic carbocycles. The van der Waals surface area contributed by atoms with Gasteiger partial charge in [-0.3, -0.25) is 9.48 Å². The monoisotopic (exact) mass is 382 g/mol. The molecule has 1 aromatic heterocycles. The third kappa shape index (κ3) is 4.51. The predicted molar refractivity (Wildman–Crippen MR) is 84.5 cm³/mol. The van der Waals surface area contributed by atoms with Gasteiger partial charge in [0.2, 0.25) is 10.0 Å². The molecule has 1 unspecified atom stereocenters. The van der Waals surface area contributed by atoms with E-state index < -0.39 is 45.4 Å². The number of piperidine rings is 1. The summed E-state index contributed by atoms with van der Waals surface area (Å²) < 4.78 is 65.2. The molecule has 142 valence electrons. The van der Waals surface area contributed by atoms with Crippen molar-refractivity contribution in [2.24, 2.45) is 0 Å². The number of alkyl halides is 3. The molecule has 0 saturated carbocycles. The number of nitrogens with one attached hydrogen (secondary N) is 1. The number of hydrogen-bond acceptors (Lipinski definition) is 4. The molecular weight excluding hydrogens is 361 g/mol. The molecular formula is C14H21F3N4O3S. The van der Waals surface area contributed by atoms with Crippen molar-refractivity contribution in [2.75, 3.05) is 19.3 Å². The first kappa shape index (κ1) is 19.7. The number of halogens is 3. The van der Waals surface area contributed by atoms with Gasteiger partial charge in [-0.15, -0.1) is 0 Å². The summed E-state index contributed by atoms with van der Waals surface area (Å²) in [5.74, 6) is -0.903. The van der Waals surface area contributed by atoms with E-state index in [-0.39, 0.29) is 6.54 Å². The standard InChI is InChI=1S/C14H21F3N4O3S/c1-9(2)21-12(14(15,16)17)11(7-18-21)13(22)19-10-5-4-6-20(8-10)25(3,23)24/h7,9-10H,4-6,8H2,1-3H3,(H,19,22). The third-order valence-electron chi connectivity index (χ3n) is 3.99. The van der Waals surface area contributed by atoms with Crippen LogP contribution in [0.2, 0.25) is 0 Å². The molecule has 1 aliphatic rings. The second kappa shape index (κ2) is 6.94. The lowest BCUT2D eigenvalue weighted by atomic mass is 10.1. The van der Waals surface area contributed by atoms with Gasteiger partial charge in [-0.1, -0.05) is 0 Å². The molecule has 25 heavy (non-hydrogen) atoms. The predicted octanol–water partition coefficient (Wildman–Crippen LogP) is 1.64. The number of carbonyl (C=O) groups is 1. The van der Waals surface area contributed by atoms with E-state index >= 15 is 0 Å². The summed E-state index contributed by atoms with van der Waals surface area (Å²) in [6.07, 6.45) is -1.74. The van der Waals surface area contributed by atoms with E-state index in [1.165, 1.54) is 18.2 Å². The van der Waals surface area contributed by atoms with Gasteiger partial charge in [0.25, 0.3) is 5.91 Å². The number of carbonyl (C=O) groups excluding carboxylic acids is 1. The van der Waals surface area contributed by atoms with E-state index in [1.807, 2.05) is 0 Å². The number of rotatable bonds is 4. The van der Waals surface area contributed by atoms with Crippen LogP contribution >= 0.6 is 0 Å². The average Bonchev–Trinajstić information content (AvgIpc) is 2.92. The largest absolute Gasteiger partial charge is 0.433 e. The molecule has 1 saturated heterocycles. The minimum Gasteiger partial charge on any atom is -0.348 e. The zero-order valence-corrected chi connectivity index (χ0v) is 15.0. The van der Waals surface area contributed by atoms with Gasteiger partial charge in [0.05, 0.1) is 18.0 Å². The Bertz CT molecular complexity index is 743. The van der Waals surface area contributed by atoms with Crippen molar-refractivity contribution < 1.29 is 26.4 Å². The molecule has 1 atom stereocenters. The smallest absolute Gasteiger partial charge is 0.348 e. The fourth-order valence-corrected chi connectivity index (χ4v) is 3.74. The normalized spacial score (nSPS) is 20.0. The average molecular weight is 382 g/mol. The number of amides is 1. The van der Waals surface area contributed by atoms with Crippen LogP contribution < -0.4 is 5.32 Å². The van der Waals surface area contributed by atoms with Crippen molar-refractivity contribution in [3.8, 4) is 0 Å². The Labute approximate surface area is 144 Å². The van der Waals surface area contributed by atoms with Crippen LogP contribution in [0.3, 0.4) is 0 Å². The number of sulfonamides is 1. The first-order valence-electron chi connectivity index (χ1n) is 7.82. The first-order valence-corrected chi connectivity index (χ1v) is 9.66. The summed E-state index contributed by atoms with van der Waals surface area (Å²) in [4.78, 5) is 12.3. The molecule has 0 aliphatic carbocycles. The Morgan fingerprint density at radius 2 is 2.04 bits per heavy atom. The van der Waals surface area contributed by atoms with Gasteiger partial charge in [-0.05, 0) is 26.7 Å².